The lowest BCUT2D eigenvalue weighted by Crippen LogP contribution is -2.23. The summed E-state index contributed by atoms with van der Waals surface area (Å²) in [5.41, 5.74) is 1.78. The van der Waals surface area contributed by atoms with E-state index in [2.05, 4.69) is 5.32 Å². The van der Waals surface area contributed by atoms with Crippen molar-refractivity contribution in [1.82, 2.24) is 0 Å². The zero-order valence-corrected chi connectivity index (χ0v) is 16.9. The minimum absolute atomic E-state index is 0.372. The molecule has 1 atom stereocenters. The van der Waals surface area contributed by atoms with E-state index in [1.54, 1.807) is 24.3 Å². The summed E-state index contributed by atoms with van der Waals surface area (Å²) in [7, 11) is 0. The monoisotopic (exact) mass is 397 g/mol. The summed E-state index contributed by atoms with van der Waals surface area (Å²) < 4.78 is 10.3. The van der Waals surface area contributed by atoms with Crippen LogP contribution < -0.4 is 5.32 Å². The van der Waals surface area contributed by atoms with Gasteiger partial charge in [-0.05, 0) is 42.7 Å². The summed E-state index contributed by atoms with van der Waals surface area (Å²) in [6.45, 7) is 3.93. The minimum Gasteiger partial charge on any atom is -0.462 e. The van der Waals surface area contributed by atoms with Crippen molar-refractivity contribution < 1.29 is 23.9 Å². The highest BCUT2D eigenvalue weighted by atomic mass is 16.5. The maximum absolute atomic E-state index is 12.3. The van der Waals surface area contributed by atoms with Crippen LogP contribution in [0.2, 0.25) is 0 Å². The third-order valence-electron chi connectivity index (χ3n) is 4.38. The van der Waals surface area contributed by atoms with Crippen molar-refractivity contribution in [1.29, 1.82) is 0 Å². The molecule has 6 heteroatoms. The number of hydrogen-bond donors (Lipinski definition) is 1. The van der Waals surface area contributed by atoms with Gasteiger partial charge >= 0.3 is 11.9 Å². The molecule has 1 N–H and O–H groups in total. The van der Waals surface area contributed by atoms with Crippen molar-refractivity contribution in [2.45, 2.75) is 39.0 Å². The number of ether oxygens (including phenoxy) is 2. The summed E-state index contributed by atoms with van der Waals surface area (Å²) in [4.78, 5) is 36.3. The molecule has 0 heterocycles. The fraction of sp³-hybridized carbons (Fsp3) is 0.348. The van der Waals surface area contributed by atoms with E-state index in [4.69, 9.17) is 9.47 Å². The Labute approximate surface area is 171 Å². The molecule has 0 bridgehead atoms. The lowest BCUT2D eigenvalue weighted by Gasteiger charge is -2.14. The molecule has 0 aromatic heterocycles. The van der Waals surface area contributed by atoms with Gasteiger partial charge in [-0.1, -0.05) is 50.6 Å². The molecule has 0 aliphatic heterocycles. The van der Waals surface area contributed by atoms with E-state index in [1.807, 2.05) is 44.2 Å². The van der Waals surface area contributed by atoms with E-state index in [0.717, 1.165) is 18.4 Å². The Balaban J connectivity index is 1.82. The maximum atomic E-state index is 12.3. The topological polar surface area (TPSA) is 81.7 Å². The number of benzene rings is 2. The van der Waals surface area contributed by atoms with Crippen LogP contribution in [-0.2, 0) is 19.1 Å². The number of unbranched alkanes of at least 4 members (excludes halogenated alkanes) is 1. The van der Waals surface area contributed by atoms with Crippen molar-refractivity contribution in [2.24, 2.45) is 0 Å². The summed E-state index contributed by atoms with van der Waals surface area (Å²) in [6.07, 6.45) is 2.36. The lowest BCUT2D eigenvalue weighted by molar-refractivity contribution is -0.149. The van der Waals surface area contributed by atoms with Crippen LogP contribution in [0.15, 0.2) is 54.6 Å². The Hall–Kier alpha value is -3.15. The second kappa shape index (κ2) is 11.6. The molecule has 1 amide bonds. The Bertz CT molecular complexity index is 802. The van der Waals surface area contributed by atoms with Crippen LogP contribution in [0.1, 0.15) is 54.9 Å². The number of esters is 2. The number of amides is 1. The first-order valence-corrected chi connectivity index (χ1v) is 9.83. The number of carbonyl (C=O) groups excluding carboxylic acids is 3. The van der Waals surface area contributed by atoms with Crippen molar-refractivity contribution >= 4 is 23.5 Å². The third kappa shape index (κ3) is 7.07. The van der Waals surface area contributed by atoms with Crippen LogP contribution in [0, 0.1) is 0 Å². The molecular formula is C23H27NO5. The first kappa shape index (κ1) is 22.1. The van der Waals surface area contributed by atoms with Crippen LogP contribution >= 0.6 is 0 Å². The second-order valence-electron chi connectivity index (χ2n) is 6.59. The Kier molecular flexibility index (Phi) is 8.89. The summed E-state index contributed by atoms with van der Waals surface area (Å²) in [5, 5.41) is 2.64. The zero-order chi connectivity index (χ0) is 21.1. The van der Waals surface area contributed by atoms with Gasteiger partial charge in [-0.2, -0.15) is 0 Å². The van der Waals surface area contributed by atoms with E-state index < -0.39 is 23.8 Å². The molecule has 2 rings (SSSR count). The van der Waals surface area contributed by atoms with Crippen LogP contribution in [-0.4, -0.2) is 31.1 Å². The number of anilines is 1. The number of carbonyl (C=O) groups is 3. The molecule has 154 valence electrons. The van der Waals surface area contributed by atoms with Gasteiger partial charge < -0.3 is 14.8 Å². The van der Waals surface area contributed by atoms with E-state index in [1.165, 1.54) is 0 Å². The molecule has 0 radical (unpaired) electrons. The predicted octanol–water partition coefficient (Wildman–Crippen LogP) is 4.32. The van der Waals surface area contributed by atoms with Gasteiger partial charge in [0.1, 0.15) is 0 Å². The maximum Gasteiger partial charge on any atom is 0.338 e. The quantitative estimate of drug-likeness (QED) is 0.477. The van der Waals surface area contributed by atoms with Crippen molar-refractivity contribution in [3.05, 3.63) is 65.7 Å². The standard InChI is InChI=1S/C23H27NO5/c1-3-5-15-28-22(26)18-11-13-19(14-12-18)24-21(25)16-29-23(27)20(4-2)17-9-7-6-8-10-17/h6-14,20H,3-5,15-16H2,1-2H3,(H,24,25)/t20-/m0/s1. The Morgan fingerprint density at radius 1 is 0.931 bits per heavy atom. The average Bonchev–Trinajstić information content (AvgIpc) is 2.74. The Morgan fingerprint density at radius 3 is 2.24 bits per heavy atom. The first-order valence-electron chi connectivity index (χ1n) is 9.83. The van der Waals surface area contributed by atoms with Gasteiger partial charge in [0.25, 0.3) is 5.91 Å². The van der Waals surface area contributed by atoms with Crippen molar-refractivity contribution in [3.63, 3.8) is 0 Å². The molecule has 0 aliphatic carbocycles. The number of hydrogen-bond acceptors (Lipinski definition) is 5. The van der Waals surface area contributed by atoms with Crippen molar-refractivity contribution in [2.75, 3.05) is 18.5 Å². The van der Waals surface area contributed by atoms with Crippen LogP contribution in [0.4, 0.5) is 5.69 Å². The van der Waals surface area contributed by atoms with E-state index in [9.17, 15) is 14.4 Å². The molecule has 6 nitrogen and oxygen atoms in total. The number of rotatable bonds is 10. The highest BCUT2D eigenvalue weighted by molar-refractivity contribution is 5.94. The molecule has 2 aromatic carbocycles. The molecular weight excluding hydrogens is 370 g/mol. The van der Waals surface area contributed by atoms with Gasteiger partial charge in [0.2, 0.25) is 0 Å². The van der Waals surface area contributed by atoms with Crippen LogP contribution in [0.5, 0.6) is 0 Å². The van der Waals surface area contributed by atoms with Gasteiger partial charge in [-0.25, -0.2) is 4.79 Å². The summed E-state index contributed by atoms with van der Waals surface area (Å²) in [6, 6.07) is 15.7. The SMILES string of the molecule is CCCCOC(=O)c1ccc(NC(=O)COC(=O)[C@@H](CC)c2ccccc2)cc1. The fourth-order valence-electron chi connectivity index (χ4n) is 2.74. The summed E-state index contributed by atoms with van der Waals surface area (Å²) in [5.74, 6) is -1.67. The van der Waals surface area contributed by atoms with Gasteiger partial charge in [0, 0.05) is 5.69 Å². The zero-order valence-electron chi connectivity index (χ0n) is 16.9. The third-order valence-corrected chi connectivity index (χ3v) is 4.38. The van der Waals surface area contributed by atoms with Gasteiger partial charge in [0.05, 0.1) is 18.1 Å². The van der Waals surface area contributed by atoms with Crippen LogP contribution in [0.3, 0.4) is 0 Å². The Morgan fingerprint density at radius 2 is 1.62 bits per heavy atom. The molecule has 2 aromatic rings. The largest absolute Gasteiger partial charge is 0.462 e. The minimum atomic E-state index is -0.445. The van der Waals surface area contributed by atoms with E-state index in [0.29, 0.717) is 24.3 Å². The highest BCUT2D eigenvalue weighted by Crippen LogP contribution is 2.20. The van der Waals surface area contributed by atoms with Crippen LogP contribution in [0.25, 0.3) is 0 Å². The van der Waals surface area contributed by atoms with E-state index in [-0.39, 0.29) is 6.61 Å². The first-order chi connectivity index (χ1) is 14.0. The van der Waals surface area contributed by atoms with E-state index >= 15 is 0 Å². The van der Waals surface area contributed by atoms with Gasteiger partial charge in [-0.15, -0.1) is 0 Å². The molecule has 0 unspecified atom stereocenters. The highest BCUT2D eigenvalue weighted by Gasteiger charge is 2.21. The molecule has 0 fully saturated rings. The molecule has 0 saturated carbocycles. The average molecular weight is 397 g/mol. The smallest absolute Gasteiger partial charge is 0.338 e. The van der Waals surface area contributed by atoms with Gasteiger partial charge in [0.15, 0.2) is 6.61 Å². The lowest BCUT2D eigenvalue weighted by atomic mass is 9.97. The molecule has 0 aliphatic rings. The predicted molar refractivity (Wildman–Crippen MR) is 111 cm³/mol. The fourth-order valence-corrected chi connectivity index (χ4v) is 2.74. The molecule has 29 heavy (non-hydrogen) atoms. The summed E-state index contributed by atoms with van der Waals surface area (Å²) >= 11 is 0. The number of nitrogens with one attached hydrogen (secondary N) is 1. The molecule has 0 saturated heterocycles. The second-order valence-corrected chi connectivity index (χ2v) is 6.59. The molecule has 0 spiro atoms. The normalized spacial score (nSPS) is 11.4. The van der Waals surface area contributed by atoms with Crippen molar-refractivity contribution in [3.8, 4) is 0 Å². The van der Waals surface area contributed by atoms with Gasteiger partial charge in [-0.3, -0.25) is 9.59 Å².